The highest BCUT2D eigenvalue weighted by Crippen LogP contribution is 2.38. The Bertz CT molecular complexity index is 284. The quantitative estimate of drug-likeness (QED) is 0.848. The zero-order valence-corrected chi connectivity index (χ0v) is 13.3. The van der Waals surface area contributed by atoms with Crippen LogP contribution in [0.4, 0.5) is 0 Å². The summed E-state index contributed by atoms with van der Waals surface area (Å²) in [5.74, 6) is 0. The third-order valence-electron chi connectivity index (χ3n) is 5.13. The van der Waals surface area contributed by atoms with Gasteiger partial charge in [0.1, 0.15) is 0 Å². The normalized spacial score (nSPS) is 28.4. The summed E-state index contributed by atoms with van der Waals surface area (Å²) < 4.78 is 5.29. The van der Waals surface area contributed by atoms with E-state index in [0.717, 1.165) is 26.1 Å². The Labute approximate surface area is 119 Å². The minimum Gasteiger partial charge on any atom is -0.385 e. The minimum atomic E-state index is 0.240. The lowest BCUT2D eigenvalue weighted by Gasteiger charge is -2.56. The molecule has 1 atom stereocenters. The Morgan fingerprint density at radius 3 is 2.53 bits per heavy atom. The number of hydrogen-bond acceptors (Lipinski definition) is 3. The van der Waals surface area contributed by atoms with E-state index in [4.69, 9.17) is 4.74 Å². The van der Waals surface area contributed by atoms with Crippen LogP contribution in [0, 0.1) is 0 Å². The van der Waals surface area contributed by atoms with Crippen LogP contribution in [0.5, 0.6) is 0 Å². The Balaban J connectivity index is 2.11. The molecule has 1 unspecified atom stereocenters. The summed E-state index contributed by atoms with van der Waals surface area (Å²) in [6.45, 7) is 10.3. The van der Waals surface area contributed by atoms with E-state index < -0.39 is 0 Å². The summed E-state index contributed by atoms with van der Waals surface area (Å²) in [5, 5.41) is 3.79. The van der Waals surface area contributed by atoms with Crippen LogP contribution in [0.15, 0.2) is 0 Å². The zero-order chi connectivity index (χ0) is 13.9. The molecule has 112 valence electrons. The van der Waals surface area contributed by atoms with Crippen molar-refractivity contribution in [3.05, 3.63) is 0 Å². The molecule has 1 heterocycles. The van der Waals surface area contributed by atoms with Gasteiger partial charge in [-0.1, -0.05) is 19.3 Å². The summed E-state index contributed by atoms with van der Waals surface area (Å²) in [6.07, 6.45) is 8.10. The van der Waals surface area contributed by atoms with Crippen LogP contribution in [-0.2, 0) is 4.74 Å². The summed E-state index contributed by atoms with van der Waals surface area (Å²) in [6, 6.07) is 0.624. The van der Waals surface area contributed by atoms with Gasteiger partial charge in [0.25, 0.3) is 0 Å². The fraction of sp³-hybridized carbons (Fsp3) is 1.00. The summed E-state index contributed by atoms with van der Waals surface area (Å²) in [4.78, 5) is 2.81. The maximum Gasteiger partial charge on any atom is 0.0477 e. The molecule has 1 saturated heterocycles. The molecular weight excluding hydrogens is 236 g/mol. The lowest BCUT2D eigenvalue weighted by molar-refractivity contribution is -0.0419. The van der Waals surface area contributed by atoms with Gasteiger partial charge >= 0.3 is 0 Å². The number of methoxy groups -OCH3 is 1. The monoisotopic (exact) mass is 268 g/mol. The van der Waals surface area contributed by atoms with Crippen molar-refractivity contribution in [3.63, 3.8) is 0 Å². The Hall–Kier alpha value is -0.120. The van der Waals surface area contributed by atoms with E-state index >= 15 is 0 Å². The van der Waals surface area contributed by atoms with E-state index in [9.17, 15) is 0 Å². The SMILES string of the molecule is COCCC(C)N1CC(C)(C)NCC12CCCCC2. The molecule has 0 radical (unpaired) electrons. The van der Waals surface area contributed by atoms with Gasteiger partial charge in [0, 0.05) is 43.9 Å². The van der Waals surface area contributed by atoms with Crippen LogP contribution in [0.1, 0.15) is 59.3 Å². The summed E-state index contributed by atoms with van der Waals surface area (Å²) >= 11 is 0. The van der Waals surface area contributed by atoms with Gasteiger partial charge in [-0.2, -0.15) is 0 Å². The second-order valence-electron chi connectivity index (χ2n) is 7.28. The molecule has 2 rings (SSSR count). The molecule has 1 saturated carbocycles. The Morgan fingerprint density at radius 2 is 1.89 bits per heavy atom. The zero-order valence-electron chi connectivity index (χ0n) is 13.3. The van der Waals surface area contributed by atoms with Gasteiger partial charge in [-0.15, -0.1) is 0 Å². The number of piperazine rings is 1. The third kappa shape index (κ3) is 3.50. The average Bonchev–Trinajstić information content (AvgIpc) is 2.40. The topological polar surface area (TPSA) is 24.5 Å². The maximum absolute atomic E-state index is 5.29. The first kappa shape index (κ1) is 15.3. The highest BCUT2D eigenvalue weighted by atomic mass is 16.5. The Kier molecular flexibility index (Phi) is 4.91. The highest BCUT2D eigenvalue weighted by Gasteiger charge is 2.45. The fourth-order valence-electron chi connectivity index (χ4n) is 3.90. The molecule has 3 heteroatoms. The second-order valence-corrected chi connectivity index (χ2v) is 7.28. The number of nitrogens with one attached hydrogen (secondary N) is 1. The number of ether oxygens (including phenoxy) is 1. The molecule has 1 spiro atoms. The van der Waals surface area contributed by atoms with Crippen LogP contribution in [0.3, 0.4) is 0 Å². The molecule has 0 amide bonds. The molecule has 1 aliphatic carbocycles. The van der Waals surface area contributed by atoms with Gasteiger partial charge in [-0.05, 0) is 40.0 Å². The van der Waals surface area contributed by atoms with Crippen LogP contribution in [-0.4, -0.2) is 48.8 Å². The highest BCUT2D eigenvalue weighted by molar-refractivity contribution is 5.04. The number of rotatable bonds is 4. The van der Waals surface area contributed by atoms with Gasteiger partial charge < -0.3 is 10.1 Å². The third-order valence-corrected chi connectivity index (χ3v) is 5.13. The van der Waals surface area contributed by atoms with Crippen molar-refractivity contribution in [1.29, 1.82) is 0 Å². The molecule has 1 aliphatic heterocycles. The molecule has 0 bridgehead atoms. The minimum absolute atomic E-state index is 0.240. The molecule has 0 aromatic heterocycles. The van der Waals surface area contributed by atoms with E-state index in [0.29, 0.717) is 11.6 Å². The first-order chi connectivity index (χ1) is 8.99. The largest absolute Gasteiger partial charge is 0.385 e. The van der Waals surface area contributed by atoms with Crippen molar-refractivity contribution in [1.82, 2.24) is 10.2 Å². The fourth-order valence-corrected chi connectivity index (χ4v) is 3.90. The molecule has 2 fully saturated rings. The molecule has 3 nitrogen and oxygen atoms in total. The first-order valence-electron chi connectivity index (χ1n) is 8.00. The molecule has 19 heavy (non-hydrogen) atoms. The van der Waals surface area contributed by atoms with Crippen LogP contribution in [0.2, 0.25) is 0 Å². The Morgan fingerprint density at radius 1 is 1.21 bits per heavy atom. The first-order valence-corrected chi connectivity index (χ1v) is 8.00. The van der Waals surface area contributed by atoms with E-state index in [1.807, 2.05) is 7.11 Å². The predicted octanol–water partition coefficient (Wildman–Crippen LogP) is 2.80. The van der Waals surface area contributed by atoms with E-state index in [1.54, 1.807) is 0 Å². The molecule has 0 aromatic rings. The van der Waals surface area contributed by atoms with E-state index in [-0.39, 0.29) is 5.54 Å². The summed E-state index contributed by atoms with van der Waals surface area (Å²) in [7, 11) is 1.81. The van der Waals surface area contributed by atoms with Crippen molar-refractivity contribution in [2.75, 3.05) is 26.8 Å². The van der Waals surface area contributed by atoms with Gasteiger partial charge in [0.2, 0.25) is 0 Å². The average molecular weight is 268 g/mol. The van der Waals surface area contributed by atoms with Crippen molar-refractivity contribution in [2.45, 2.75) is 76.4 Å². The van der Waals surface area contributed by atoms with Crippen molar-refractivity contribution in [3.8, 4) is 0 Å². The molecule has 2 aliphatic rings. The molecule has 1 N–H and O–H groups in total. The second kappa shape index (κ2) is 6.11. The maximum atomic E-state index is 5.29. The van der Waals surface area contributed by atoms with Crippen molar-refractivity contribution in [2.24, 2.45) is 0 Å². The lowest BCUT2D eigenvalue weighted by atomic mass is 9.76. The van der Waals surface area contributed by atoms with Gasteiger partial charge in [0.15, 0.2) is 0 Å². The van der Waals surface area contributed by atoms with E-state index in [2.05, 4.69) is 31.0 Å². The van der Waals surface area contributed by atoms with Gasteiger partial charge in [-0.25, -0.2) is 0 Å². The van der Waals surface area contributed by atoms with Gasteiger partial charge in [0.05, 0.1) is 0 Å². The lowest BCUT2D eigenvalue weighted by Crippen LogP contribution is -2.70. The summed E-state index contributed by atoms with van der Waals surface area (Å²) in [5.41, 5.74) is 0.658. The van der Waals surface area contributed by atoms with Crippen LogP contribution < -0.4 is 5.32 Å². The van der Waals surface area contributed by atoms with Crippen LogP contribution >= 0.6 is 0 Å². The molecular formula is C16H32N2O. The number of nitrogens with zero attached hydrogens (tertiary/aromatic N) is 1. The smallest absolute Gasteiger partial charge is 0.0477 e. The van der Waals surface area contributed by atoms with Gasteiger partial charge in [-0.3, -0.25) is 4.90 Å². The van der Waals surface area contributed by atoms with Crippen LogP contribution in [0.25, 0.3) is 0 Å². The van der Waals surface area contributed by atoms with Crippen molar-refractivity contribution >= 4 is 0 Å². The van der Waals surface area contributed by atoms with E-state index in [1.165, 1.54) is 32.1 Å². The predicted molar refractivity (Wildman–Crippen MR) is 80.6 cm³/mol. The van der Waals surface area contributed by atoms with Crippen molar-refractivity contribution < 1.29 is 4.74 Å². The molecule has 0 aromatic carbocycles. The standard InChI is InChI=1S/C16H32N2O/c1-14(8-11-19-4)18-13-15(2,3)17-12-16(18)9-6-5-7-10-16/h14,17H,5-13H2,1-4H3. The number of hydrogen-bond donors (Lipinski definition) is 1.